The van der Waals surface area contributed by atoms with Gasteiger partial charge >= 0.3 is 0 Å². The summed E-state index contributed by atoms with van der Waals surface area (Å²) in [7, 11) is 0. The van der Waals surface area contributed by atoms with Gasteiger partial charge in [0.1, 0.15) is 5.15 Å². The lowest BCUT2D eigenvalue weighted by atomic mass is 10.2. The molecular formula is C14H11ClN2S2. The number of anilines is 1. The number of nitrogens with zero attached hydrogens (tertiary/aromatic N) is 1. The van der Waals surface area contributed by atoms with Crippen molar-refractivity contribution in [1.82, 2.24) is 4.98 Å². The highest BCUT2D eigenvalue weighted by Crippen LogP contribution is 2.29. The monoisotopic (exact) mass is 306 g/mol. The molecule has 3 aromatic heterocycles. The fraction of sp³-hybridized carbons (Fsp3) is 0.0714. The summed E-state index contributed by atoms with van der Waals surface area (Å²) in [5.41, 5.74) is 2.28. The Hall–Kier alpha value is -1.36. The largest absolute Gasteiger partial charge is 0.379 e. The molecule has 3 aromatic rings. The van der Waals surface area contributed by atoms with Gasteiger partial charge in [-0.25, -0.2) is 4.98 Å². The minimum Gasteiger partial charge on any atom is -0.379 e. The average Bonchev–Trinajstić information content (AvgIpc) is 3.09. The molecule has 0 radical (unpaired) electrons. The van der Waals surface area contributed by atoms with Crippen molar-refractivity contribution in [1.29, 1.82) is 0 Å². The summed E-state index contributed by atoms with van der Waals surface area (Å²) < 4.78 is 0. The average molecular weight is 307 g/mol. The third kappa shape index (κ3) is 3.15. The summed E-state index contributed by atoms with van der Waals surface area (Å²) in [6.07, 6.45) is 1.75. The molecule has 3 heterocycles. The number of hydrogen-bond acceptors (Lipinski definition) is 4. The molecule has 0 amide bonds. The van der Waals surface area contributed by atoms with E-state index in [1.165, 1.54) is 15.3 Å². The SMILES string of the molecule is Clc1ccc(NCc2cc(-c3cccs3)cs2)cn1. The van der Waals surface area contributed by atoms with Crippen molar-refractivity contribution in [2.75, 3.05) is 5.32 Å². The van der Waals surface area contributed by atoms with E-state index in [2.05, 4.69) is 39.3 Å². The molecule has 96 valence electrons. The van der Waals surface area contributed by atoms with E-state index in [1.54, 1.807) is 34.9 Å². The van der Waals surface area contributed by atoms with Gasteiger partial charge in [-0.1, -0.05) is 17.7 Å². The fourth-order valence-corrected chi connectivity index (χ4v) is 3.44. The van der Waals surface area contributed by atoms with Crippen LogP contribution in [0, 0.1) is 0 Å². The third-order valence-corrected chi connectivity index (χ3v) is 4.73. The van der Waals surface area contributed by atoms with Crippen molar-refractivity contribution in [2.24, 2.45) is 0 Å². The zero-order valence-electron chi connectivity index (χ0n) is 9.97. The molecule has 2 nitrogen and oxygen atoms in total. The normalized spacial score (nSPS) is 10.6. The van der Waals surface area contributed by atoms with Crippen LogP contribution in [0.1, 0.15) is 4.88 Å². The van der Waals surface area contributed by atoms with Gasteiger partial charge in [-0.15, -0.1) is 22.7 Å². The summed E-state index contributed by atoms with van der Waals surface area (Å²) >= 11 is 9.29. The fourth-order valence-electron chi connectivity index (χ4n) is 1.71. The van der Waals surface area contributed by atoms with Crippen molar-refractivity contribution in [3.8, 4) is 10.4 Å². The van der Waals surface area contributed by atoms with Gasteiger partial charge in [0.2, 0.25) is 0 Å². The van der Waals surface area contributed by atoms with Gasteiger partial charge in [0.15, 0.2) is 0 Å². The van der Waals surface area contributed by atoms with E-state index < -0.39 is 0 Å². The van der Waals surface area contributed by atoms with Crippen molar-refractivity contribution in [3.05, 3.63) is 57.3 Å². The number of rotatable bonds is 4. The minimum absolute atomic E-state index is 0.515. The van der Waals surface area contributed by atoms with Crippen LogP contribution in [0.4, 0.5) is 5.69 Å². The summed E-state index contributed by atoms with van der Waals surface area (Å²) in [6, 6.07) is 10.2. The molecule has 1 N–H and O–H groups in total. The molecule has 0 aliphatic carbocycles. The van der Waals surface area contributed by atoms with Crippen LogP contribution in [-0.4, -0.2) is 4.98 Å². The molecule has 0 saturated heterocycles. The lowest BCUT2D eigenvalue weighted by Crippen LogP contribution is -1.97. The van der Waals surface area contributed by atoms with Gasteiger partial charge in [-0.3, -0.25) is 0 Å². The number of aromatic nitrogens is 1. The van der Waals surface area contributed by atoms with E-state index in [0.29, 0.717) is 5.15 Å². The maximum Gasteiger partial charge on any atom is 0.129 e. The van der Waals surface area contributed by atoms with Crippen molar-refractivity contribution in [2.45, 2.75) is 6.54 Å². The van der Waals surface area contributed by atoms with Crippen LogP contribution in [0.15, 0.2) is 47.3 Å². The van der Waals surface area contributed by atoms with Gasteiger partial charge in [0.25, 0.3) is 0 Å². The second-order valence-electron chi connectivity index (χ2n) is 4.00. The smallest absolute Gasteiger partial charge is 0.129 e. The minimum atomic E-state index is 0.515. The molecule has 3 rings (SSSR count). The Bertz CT molecular complexity index is 644. The summed E-state index contributed by atoms with van der Waals surface area (Å²) in [5.74, 6) is 0. The first kappa shape index (κ1) is 12.7. The van der Waals surface area contributed by atoms with Crippen LogP contribution in [-0.2, 0) is 6.54 Å². The van der Waals surface area contributed by atoms with Crippen LogP contribution in [0.5, 0.6) is 0 Å². The van der Waals surface area contributed by atoms with E-state index in [-0.39, 0.29) is 0 Å². The predicted octanol–water partition coefficient (Wildman–Crippen LogP) is 5.14. The van der Waals surface area contributed by atoms with Crippen LogP contribution >= 0.6 is 34.3 Å². The van der Waals surface area contributed by atoms with Crippen LogP contribution in [0.3, 0.4) is 0 Å². The summed E-state index contributed by atoms with van der Waals surface area (Å²) in [5, 5.41) is 8.15. The van der Waals surface area contributed by atoms with Crippen LogP contribution < -0.4 is 5.32 Å². The maximum atomic E-state index is 5.75. The second kappa shape index (κ2) is 5.74. The zero-order valence-corrected chi connectivity index (χ0v) is 12.4. The molecule has 0 aliphatic rings. The highest BCUT2D eigenvalue weighted by Gasteiger charge is 2.03. The number of nitrogens with one attached hydrogen (secondary N) is 1. The van der Waals surface area contributed by atoms with E-state index in [1.807, 2.05) is 6.07 Å². The molecule has 0 spiro atoms. The van der Waals surface area contributed by atoms with Crippen molar-refractivity contribution < 1.29 is 0 Å². The Balaban J connectivity index is 1.66. The Kier molecular flexibility index (Phi) is 3.82. The molecule has 0 saturated carbocycles. The molecule has 0 atom stereocenters. The molecule has 5 heteroatoms. The topological polar surface area (TPSA) is 24.9 Å². The molecule has 0 fully saturated rings. The second-order valence-corrected chi connectivity index (χ2v) is 6.33. The Morgan fingerprint density at radius 2 is 2.16 bits per heavy atom. The Morgan fingerprint density at radius 1 is 1.21 bits per heavy atom. The summed E-state index contributed by atoms with van der Waals surface area (Å²) in [4.78, 5) is 6.66. The van der Waals surface area contributed by atoms with Gasteiger partial charge in [0, 0.05) is 21.9 Å². The zero-order chi connectivity index (χ0) is 13.1. The number of hydrogen-bond donors (Lipinski definition) is 1. The first-order valence-electron chi connectivity index (χ1n) is 5.78. The van der Waals surface area contributed by atoms with Gasteiger partial charge in [-0.05, 0) is 35.0 Å². The Labute approximate surface area is 124 Å². The van der Waals surface area contributed by atoms with Crippen LogP contribution in [0.25, 0.3) is 10.4 Å². The third-order valence-electron chi connectivity index (χ3n) is 2.65. The first-order chi connectivity index (χ1) is 9.31. The Morgan fingerprint density at radius 3 is 2.89 bits per heavy atom. The quantitative estimate of drug-likeness (QED) is 0.675. The standard InChI is InChI=1S/C14H11ClN2S2/c15-14-4-3-11(7-17-14)16-8-12-6-10(9-19-12)13-2-1-5-18-13/h1-7,9,16H,8H2. The number of thiophene rings is 2. The molecular weight excluding hydrogens is 296 g/mol. The van der Waals surface area contributed by atoms with E-state index in [4.69, 9.17) is 11.6 Å². The van der Waals surface area contributed by atoms with Gasteiger partial charge < -0.3 is 5.32 Å². The highest BCUT2D eigenvalue weighted by atomic mass is 35.5. The van der Waals surface area contributed by atoms with E-state index >= 15 is 0 Å². The molecule has 0 unspecified atom stereocenters. The lowest BCUT2D eigenvalue weighted by molar-refractivity contribution is 1.17. The van der Waals surface area contributed by atoms with E-state index in [0.717, 1.165) is 12.2 Å². The maximum absolute atomic E-state index is 5.75. The van der Waals surface area contributed by atoms with Crippen molar-refractivity contribution in [3.63, 3.8) is 0 Å². The number of halogens is 1. The lowest BCUT2D eigenvalue weighted by Gasteiger charge is -2.03. The van der Waals surface area contributed by atoms with Crippen molar-refractivity contribution >= 4 is 40.0 Å². The summed E-state index contributed by atoms with van der Waals surface area (Å²) in [6.45, 7) is 0.805. The predicted molar refractivity (Wildman–Crippen MR) is 84.2 cm³/mol. The first-order valence-corrected chi connectivity index (χ1v) is 7.92. The molecule has 19 heavy (non-hydrogen) atoms. The molecule has 0 bridgehead atoms. The van der Waals surface area contributed by atoms with E-state index in [9.17, 15) is 0 Å². The molecule has 0 aromatic carbocycles. The highest BCUT2D eigenvalue weighted by molar-refractivity contribution is 7.14. The van der Waals surface area contributed by atoms with Crippen LogP contribution in [0.2, 0.25) is 5.15 Å². The van der Waals surface area contributed by atoms with Gasteiger partial charge in [0.05, 0.1) is 11.9 Å². The number of pyridine rings is 1. The van der Waals surface area contributed by atoms with Gasteiger partial charge in [-0.2, -0.15) is 0 Å². The molecule has 0 aliphatic heterocycles.